The monoisotopic (exact) mass is 303 g/mol. The number of nitrogens with zero attached hydrogens (tertiary/aromatic N) is 2. The van der Waals surface area contributed by atoms with E-state index in [1.807, 2.05) is 0 Å². The Morgan fingerprint density at radius 1 is 1.45 bits per heavy atom. The summed E-state index contributed by atoms with van der Waals surface area (Å²) in [7, 11) is 0. The molecule has 0 aromatic carbocycles. The molecule has 0 radical (unpaired) electrons. The van der Waals surface area contributed by atoms with E-state index in [0.29, 0.717) is 24.3 Å². The molecule has 1 saturated heterocycles. The lowest BCUT2D eigenvalue weighted by Gasteiger charge is -2.35. The molecule has 1 unspecified atom stereocenters. The van der Waals surface area contributed by atoms with Crippen LogP contribution in [0.2, 0.25) is 0 Å². The van der Waals surface area contributed by atoms with Crippen molar-refractivity contribution in [1.82, 2.24) is 4.98 Å². The topological polar surface area (TPSA) is 42.1 Å². The van der Waals surface area contributed by atoms with Crippen molar-refractivity contribution in [3.8, 4) is 0 Å². The van der Waals surface area contributed by atoms with Gasteiger partial charge >= 0.3 is 6.18 Å². The summed E-state index contributed by atoms with van der Waals surface area (Å²) in [4.78, 5) is 6.12. The minimum Gasteiger partial charge on any atom is -0.389 e. The molecule has 2 heterocycles. The molecule has 0 amide bonds. The van der Waals surface area contributed by atoms with E-state index in [9.17, 15) is 13.2 Å². The summed E-state index contributed by atoms with van der Waals surface area (Å²) in [6.07, 6.45) is -3.53. The van der Waals surface area contributed by atoms with Crippen molar-refractivity contribution < 1.29 is 13.2 Å². The molecule has 1 aliphatic heterocycles. The number of nitrogens with two attached hydrogens (primary N) is 1. The third-order valence-corrected chi connectivity index (χ3v) is 3.68. The fraction of sp³-hybridized carbons (Fsp3) is 0.538. The molecule has 2 rings (SSSR count). The first kappa shape index (κ1) is 15.0. The number of aromatic nitrogens is 1. The van der Waals surface area contributed by atoms with Gasteiger partial charge in [-0.25, -0.2) is 4.98 Å². The Kier molecular flexibility index (Phi) is 4.17. The second kappa shape index (κ2) is 5.55. The molecule has 110 valence electrons. The quantitative estimate of drug-likeness (QED) is 0.853. The highest BCUT2D eigenvalue weighted by Gasteiger charge is 2.42. The molecule has 1 aromatic heterocycles. The van der Waals surface area contributed by atoms with E-state index in [4.69, 9.17) is 18.0 Å². The number of hydrogen-bond donors (Lipinski definition) is 1. The van der Waals surface area contributed by atoms with E-state index in [1.165, 1.54) is 0 Å². The second-order valence-electron chi connectivity index (χ2n) is 5.01. The molecule has 0 spiro atoms. The number of rotatable bonds is 2. The van der Waals surface area contributed by atoms with Gasteiger partial charge in [0.1, 0.15) is 10.8 Å². The van der Waals surface area contributed by atoms with Crippen molar-refractivity contribution in [3.63, 3.8) is 0 Å². The van der Waals surface area contributed by atoms with Gasteiger partial charge in [-0.1, -0.05) is 12.2 Å². The molecule has 20 heavy (non-hydrogen) atoms. The summed E-state index contributed by atoms with van der Waals surface area (Å²) in [6, 6.07) is 3.47. The highest BCUT2D eigenvalue weighted by molar-refractivity contribution is 7.80. The van der Waals surface area contributed by atoms with E-state index in [1.54, 1.807) is 24.0 Å². The van der Waals surface area contributed by atoms with E-state index >= 15 is 0 Å². The normalized spacial score (nSPS) is 20.0. The Labute approximate surface area is 121 Å². The lowest BCUT2D eigenvalue weighted by molar-refractivity contribution is -0.176. The number of pyridine rings is 1. The van der Waals surface area contributed by atoms with Crippen LogP contribution in [0.25, 0.3) is 0 Å². The predicted molar refractivity (Wildman–Crippen MR) is 75.9 cm³/mol. The molecule has 0 bridgehead atoms. The first-order valence-corrected chi connectivity index (χ1v) is 6.79. The lowest BCUT2D eigenvalue weighted by Crippen LogP contribution is -2.42. The van der Waals surface area contributed by atoms with Crippen molar-refractivity contribution in [3.05, 3.63) is 23.4 Å². The van der Waals surface area contributed by atoms with E-state index in [2.05, 4.69) is 4.98 Å². The SMILES string of the molecule is Cc1ccc(C(N)=S)c(N2CCCC(C(F)(F)F)C2)n1. The standard InChI is InChI=1S/C13H16F3N3S/c1-8-4-5-10(11(17)20)12(18-8)19-6-2-3-9(7-19)13(14,15)16/h4-5,9H,2-3,6-7H2,1H3,(H2,17,20). The van der Waals surface area contributed by atoms with Gasteiger partial charge in [0.15, 0.2) is 0 Å². The van der Waals surface area contributed by atoms with Gasteiger partial charge in [-0.15, -0.1) is 0 Å². The Morgan fingerprint density at radius 2 is 2.15 bits per heavy atom. The summed E-state index contributed by atoms with van der Waals surface area (Å²) in [6.45, 7) is 2.24. The summed E-state index contributed by atoms with van der Waals surface area (Å²) >= 11 is 4.95. The van der Waals surface area contributed by atoms with Crippen LogP contribution < -0.4 is 10.6 Å². The fourth-order valence-electron chi connectivity index (χ4n) is 2.41. The van der Waals surface area contributed by atoms with Gasteiger partial charge in [-0.2, -0.15) is 13.2 Å². The summed E-state index contributed by atoms with van der Waals surface area (Å²) in [5.74, 6) is -0.857. The maximum absolute atomic E-state index is 12.9. The molecule has 7 heteroatoms. The molecule has 0 aliphatic carbocycles. The number of piperidine rings is 1. The van der Waals surface area contributed by atoms with Gasteiger partial charge in [0.2, 0.25) is 0 Å². The van der Waals surface area contributed by atoms with Gasteiger partial charge < -0.3 is 10.6 Å². The third kappa shape index (κ3) is 3.20. The molecule has 1 aliphatic rings. The fourth-order valence-corrected chi connectivity index (χ4v) is 2.57. The lowest BCUT2D eigenvalue weighted by atomic mass is 9.97. The van der Waals surface area contributed by atoms with Crippen molar-refractivity contribution in [1.29, 1.82) is 0 Å². The van der Waals surface area contributed by atoms with Crippen molar-refractivity contribution in [2.45, 2.75) is 25.9 Å². The van der Waals surface area contributed by atoms with Crippen molar-refractivity contribution in [2.75, 3.05) is 18.0 Å². The van der Waals surface area contributed by atoms with Crippen LogP contribution in [0.15, 0.2) is 12.1 Å². The highest BCUT2D eigenvalue weighted by Crippen LogP contribution is 2.35. The largest absolute Gasteiger partial charge is 0.393 e. The zero-order valence-electron chi connectivity index (χ0n) is 11.1. The third-order valence-electron chi connectivity index (χ3n) is 3.46. The molecule has 0 saturated carbocycles. The number of alkyl halides is 3. The molecule has 1 aromatic rings. The Balaban J connectivity index is 2.31. The van der Waals surface area contributed by atoms with Crippen molar-refractivity contribution >= 4 is 23.0 Å². The van der Waals surface area contributed by atoms with Gasteiger partial charge in [-0.05, 0) is 31.9 Å². The van der Waals surface area contributed by atoms with Crippen LogP contribution in [0, 0.1) is 12.8 Å². The molecular formula is C13H16F3N3S. The summed E-state index contributed by atoms with van der Waals surface area (Å²) < 4.78 is 38.6. The first-order valence-electron chi connectivity index (χ1n) is 6.38. The molecule has 1 atom stereocenters. The van der Waals surface area contributed by atoms with Crippen LogP contribution in [0.4, 0.5) is 19.0 Å². The highest BCUT2D eigenvalue weighted by atomic mass is 32.1. The minimum atomic E-state index is -4.17. The van der Waals surface area contributed by atoms with Crippen LogP contribution >= 0.6 is 12.2 Å². The number of thiocarbonyl (C=S) groups is 1. The van der Waals surface area contributed by atoms with E-state index < -0.39 is 12.1 Å². The maximum Gasteiger partial charge on any atom is 0.393 e. The number of aryl methyl sites for hydroxylation is 1. The molecule has 2 N–H and O–H groups in total. The van der Waals surface area contributed by atoms with Gasteiger partial charge in [0, 0.05) is 18.8 Å². The number of hydrogen-bond acceptors (Lipinski definition) is 3. The molecule has 1 fully saturated rings. The van der Waals surface area contributed by atoms with Crippen LogP contribution in [0.5, 0.6) is 0 Å². The smallest absolute Gasteiger partial charge is 0.389 e. The van der Waals surface area contributed by atoms with E-state index in [-0.39, 0.29) is 18.0 Å². The number of halogens is 3. The van der Waals surface area contributed by atoms with Gasteiger partial charge in [-0.3, -0.25) is 0 Å². The Hall–Kier alpha value is -1.37. The van der Waals surface area contributed by atoms with Crippen LogP contribution in [-0.4, -0.2) is 29.2 Å². The summed E-state index contributed by atoms with van der Waals surface area (Å²) in [5.41, 5.74) is 6.90. The Morgan fingerprint density at radius 3 is 2.75 bits per heavy atom. The van der Waals surface area contributed by atoms with Gasteiger partial charge in [0.25, 0.3) is 0 Å². The minimum absolute atomic E-state index is 0.0877. The zero-order chi connectivity index (χ0) is 14.9. The van der Waals surface area contributed by atoms with Crippen LogP contribution in [0.3, 0.4) is 0 Å². The van der Waals surface area contributed by atoms with Crippen LogP contribution in [-0.2, 0) is 0 Å². The van der Waals surface area contributed by atoms with Crippen molar-refractivity contribution in [2.24, 2.45) is 11.7 Å². The van der Waals surface area contributed by atoms with Gasteiger partial charge in [0.05, 0.1) is 11.5 Å². The predicted octanol–water partition coefficient (Wildman–Crippen LogP) is 2.80. The number of anilines is 1. The average molecular weight is 303 g/mol. The van der Waals surface area contributed by atoms with Crippen LogP contribution in [0.1, 0.15) is 24.1 Å². The molecule has 3 nitrogen and oxygen atoms in total. The Bertz CT molecular complexity index is 516. The maximum atomic E-state index is 12.9. The second-order valence-corrected chi connectivity index (χ2v) is 5.45. The van der Waals surface area contributed by atoms with E-state index in [0.717, 1.165) is 5.69 Å². The average Bonchev–Trinajstić information content (AvgIpc) is 2.37. The summed E-state index contributed by atoms with van der Waals surface area (Å²) in [5, 5.41) is 0. The first-order chi connectivity index (χ1) is 9.29. The molecular weight excluding hydrogens is 287 g/mol. The zero-order valence-corrected chi connectivity index (χ0v) is 11.9.